The summed E-state index contributed by atoms with van der Waals surface area (Å²) in [6.45, 7) is -0.0511. The maximum atomic E-state index is 11.9. The predicted octanol–water partition coefficient (Wildman–Crippen LogP) is 0.463. The predicted molar refractivity (Wildman–Crippen MR) is 78.5 cm³/mol. The molecule has 0 atom stereocenters. The van der Waals surface area contributed by atoms with Crippen LogP contribution in [0, 0.1) is 0 Å². The summed E-state index contributed by atoms with van der Waals surface area (Å²) in [5, 5.41) is 6.64. The number of rotatable bonds is 4. The van der Waals surface area contributed by atoms with Crippen molar-refractivity contribution in [2.24, 2.45) is 0 Å². The van der Waals surface area contributed by atoms with Gasteiger partial charge >= 0.3 is 0 Å². The van der Waals surface area contributed by atoms with E-state index in [-0.39, 0.29) is 18.0 Å². The van der Waals surface area contributed by atoms with Crippen molar-refractivity contribution in [3.05, 3.63) is 65.7 Å². The molecule has 22 heavy (non-hydrogen) atoms. The van der Waals surface area contributed by atoms with Crippen LogP contribution in [0.2, 0.25) is 0 Å². The molecule has 0 aliphatic rings. The average Bonchev–Trinajstić information content (AvgIpc) is 3.05. The van der Waals surface area contributed by atoms with Crippen LogP contribution in [0.25, 0.3) is 5.82 Å². The molecule has 3 heterocycles. The number of amides is 1. The van der Waals surface area contributed by atoms with Gasteiger partial charge in [0.1, 0.15) is 19.2 Å². The molecule has 0 aliphatic carbocycles. The molecule has 1 amide bonds. The van der Waals surface area contributed by atoms with Crippen molar-refractivity contribution in [2.75, 3.05) is 5.32 Å². The molecular formula is C14H12N6O2. The lowest BCUT2D eigenvalue weighted by molar-refractivity contribution is -0.116. The fraction of sp³-hybridized carbons (Fsp3) is 0.0714. The molecule has 0 saturated heterocycles. The summed E-state index contributed by atoms with van der Waals surface area (Å²) in [7, 11) is 0. The molecule has 0 spiro atoms. The van der Waals surface area contributed by atoms with Crippen LogP contribution in [0.5, 0.6) is 0 Å². The number of carbonyl (C=O) groups excluding carboxylic acids is 1. The van der Waals surface area contributed by atoms with Crippen molar-refractivity contribution in [3.63, 3.8) is 0 Å². The van der Waals surface area contributed by atoms with Gasteiger partial charge in [-0.3, -0.25) is 9.59 Å². The second-order valence-corrected chi connectivity index (χ2v) is 4.46. The Balaban J connectivity index is 1.67. The second kappa shape index (κ2) is 6.00. The SMILES string of the molecule is O=C(Cn1ccccc1=O)Nc1ccc(-n2cncn2)nc1. The number of nitrogens with one attached hydrogen (secondary N) is 1. The molecule has 3 aromatic rings. The van der Waals surface area contributed by atoms with Gasteiger partial charge in [0.2, 0.25) is 5.91 Å². The molecule has 1 N–H and O–H groups in total. The van der Waals surface area contributed by atoms with Crippen LogP contribution in [0.4, 0.5) is 5.69 Å². The summed E-state index contributed by atoms with van der Waals surface area (Å²) in [5.41, 5.74) is 0.315. The van der Waals surface area contributed by atoms with E-state index < -0.39 is 0 Å². The minimum absolute atomic E-state index is 0.0511. The van der Waals surface area contributed by atoms with Crippen LogP contribution in [0.1, 0.15) is 0 Å². The Morgan fingerprint density at radius 2 is 2.14 bits per heavy atom. The summed E-state index contributed by atoms with van der Waals surface area (Å²) in [5.74, 6) is 0.290. The van der Waals surface area contributed by atoms with Gasteiger partial charge in [0.25, 0.3) is 5.56 Å². The molecule has 0 aromatic carbocycles. The van der Waals surface area contributed by atoms with E-state index in [0.717, 1.165) is 0 Å². The monoisotopic (exact) mass is 296 g/mol. The van der Waals surface area contributed by atoms with E-state index in [0.29, 0.717) is 11.5 Å². The summed E-state index contributed by atoms with van der Waals surface area (Å²) in [6, 6.07) is 8.14. The third-order valence-electron chi connectivity index (χ3n) is 2.90. The molecule has 0 aliphatic heterocycles. The summed E-state index contributed by atoms with van der Waals surface area (Å²) in [6.07, 6.45) is 6.02. The second-order valence-electron chi connectivity index (χ2n) is 4.46. The lowest BCUT2D eigenvalue weighted by atomic mass is 10.4. The average molecular weight is 296 g/mol. The highest BCUT2D eigenvalue weighted by Gasteiger charge is 2.05. The van der Waals surface area contributed by atoms with E-state index in [9.17, 15) is 9.59 Å². The lowest BCUT2D eigenvalue weighted by Crippen LogP contribution is -2.26. The summed E-state index contributed by atoms with van der Waals surface area (Å²) in [4.78, 5) is 31.5. The number of aromatic nitrogens is 5. The Kier molecular flexibility index (Phi) is 3.73. The molecule has 0 unspecified atom stereocenters. The zero-order chi connectivity index (χ0) is 15.4. The number of hydrogen-bond donors (Lipinski definition) is 1. The minimum atomic E-state index is -0.302. The molecule has 0 fully saturated rings. The maximum Gasteiger partial charge on any atom is 0.250 e. The van der Waals surface area contributed by atoms with Crippen molar-refractivity contribution in [2.45, 2.75) is 6.54 Å². The van der Waals surface area contributed by atoms with Crippen LogP contribution in [-0.2, 0) is 11.3 Å². The Bertz CT molecular complexity index is 823. The number of nitrogens with zero attached hydrogens (tertiary/aromatic N) is 5. The lowest BCUT2D eigenvalue weighted by Gasteiger charge is -2.07. The van der Waals surface area contributed by atoms with Crippen molar-refractivity contribution in [1.29, 1.82) is 0 Å². The number of hydrogen-bond acceptors (Lipinski definition) is 5. The van der Waals surface area contributed by atoms with Gasteiger partial charge in [-0.25, -0.2) is 14.6 Å². The van der Waals surface area contributed by atoms with Gasteiger partial charge in [-0.15, -0.1) is 0 Å². The zero-order valence-corrected chi connectivity index (χ0v) is 11.5. The van der Waals surface area contributed by atoms with Crippen molar-refractivity contribution in [3.8, 4) is 5.82 Å². The van der Waals surface area contributed by atoms with Crippen molar-refractivity contribution >= 4 is 11.6 Å². The smallest absolute Gasteiger partial charge is 0.250 e. The molecule has 0 radical (unpaired) electrons. The first kappa shape index (κ1) is 13.7. The topological polar surface area (TPSA) is 94.7 Å². The van der Waals surface area contributed by atoms with E-state index in [2.05, 4.69) is 20.4 Å². The molecular weight excluding hydrogens is 284 g/mol. The van der Waals surface area contributed by atoms with Gasteiger partial charge in [0.15, 0.2) is 5.82 Å². The van der Waals surface area contributed by atoms with Crippen LogP contribution >= 0.6 is 0 Å². The van der Waals surface area contributed by atoms with E-state index in [1.165, 1.54) is 34.2 Å². The van der Waals surface area contributed by atoms with Crippen LogP contribution in [0.15, 0.2) is 60.2 Å². The van der Waals surface area contributed by atoms with E-state index in [1.807, 2.05) is 0 Å². The first-order chi connectivity index (χ1) is 10.7. The molecule has 0 saturated carbocycles. The third-order valence-corrected chi connectivity index (χ3v) is 2.90. The van der Waals surface area contributed by atoms with E-state index in [4.69, 9.17) is 0 Å². The number of carbonyl (C=O) groups is 1. The van der Waals surface area contributed by atoms with Gasteiger partial charge < -0.3 is 9.88 Å². The first-order valence-corrected chi connectivity index (χ1v) is 6.49. The van der Waals surface area contributed by atoms with Gasteiger partial charge in [-0.05, 0) is 18.2 Å². The van der Waals surface area contributed by atoms with Crippen LogP contribution < -0.4 is 10.9 Å². The molecule has 8 heteroatoms. The highest BCUT2D eigenvalue weighted by atomic mass is 16.2. The number of anilines is 1. The Hall–Kier alpha value is -3.29. The maximum absolute atomic E-state index is 11.9. The van der Waals surface area contributed by atoms with Crippen LogP contribution in [-0.4, -0.2) is 30.2 Å². The van der Waals surface area contributed by atoms with E-state index in [1.54, 1.807) is 30.5 Å². The third kappa shape index (κ3) is 3.06. The molecule has 8 nitrogen and oxygen atoms in total. The van der Waals surface area contributed by atoms with Crippen molar-refractivity contribution < 1.29 is 4.79 Å². The zero-order valence-electron chi connectivity index (χ0n) is 11.5. The quantitative estimate of drug-likeness (QED) is 0.755. The van der Waals surface area contributed by atoms with Crippen molar-refractivity contribution in [1.82, 2.24) is 24.3 Å². The number of pyridine rings is 2. The Morgan fingerprint density at radius 3 is 2.82 bits per heavy atom. The molecule has 3 aromatic heterocycles. The molecule has 3 rings (SSSR count). The largest absolute Gasteiger partial charge is 0.323 e. The molecule has 110 valence electrons. The summed E-state index contributed by atoms with van der Waals surface area (Å²) < 4.78 is 2.83. The van der Waals surface area contributed by atoms with E-state index >= 15 is 0 Å². The minimum Gasteiger partial charge on any atom is -0.323 e. The van der Waals surface area contributed by atoms with Gasteiger partial charge in [0, 0.05) is 12.3 Å². The van der Waals surface area contributed by atoms with Gasteiger partial charge in [0.05, 0.1) is 11.9 Å². The fourth-order valence-electron chi connectivity index (χ4n) is 1.87. The summed E-state index contributed by atoms with van der Waals surface area (Å²) >= 11 is 0. The highest BCUT2D eigenvalue weighted by molar-refractivity contribution is 5.90. The van der Waals surface area contributed by atoms with Gasteiger partial charge in [-0.2, -0.15) is 5.10 Å². The Morgan fingerprint density at radius 1 is 1.23 bits per heavy atom. The standard InChI is InChI=1S/C14H12N6O2/c21-13(8-19-6-2-1-3-14(19)22)18-11-4-5-12(16-7-11)20-10-15-9-17-20/h1-7,9-10H,8H2,(H,18,21). The normalized spacial score (nSPS) is 10.4. The highest BCUT2D eigenvalue weighted by Crippen LogP contribution is 2.08. The molecule has 0 bridgehead atoms. The van der Waals surface area contributed by atoms with Gasteiger partial charge in [-0.1, -0.05) is 6.07 Å². The fourth-order valence-corrected chi connectivity index (χ4v) is 1.87. The van der Waals surface area contributed by atoms with Crippen LogP contribution in [0.3, 0.4) is 0 Å². The Labute approximate surface area is 125 Å². The first-order valence-electron chi connectivity index (χ1n) is 6.49.